The number of imidazole rings is 1. The van der Waals surface area contributed by atoms with Gasteiger partial charge in [0, 0.05) is 32.2 Å². The summed E-state index contributed by atoms with van der Waals surface area (Å²) < 4.78 is 2.15. The van der Waals surface area contributed by atoms with E-state index >= 15 is 0 Å². The number of hydrogen-bond donors (Lipinski definition) is 1. The summed E-state index contributed by atoms with van der Waals surface area (Å²) in [5.41, 5.74) is 9.47. The summed E-state index contributed by atoms with van der Waals surface area (Å²) in [5, 5.41) is 0. The average Bonchev–Trinajstić information content (AvgIpc) is 2.69. The summed E-state index contributed by atoms with van der Waals surface area (Å²) in [6, 6.07) is 6.82. The summed E-state index contributed by atoms with van der Waals surface area (Å²) in [4.78, 5) is 9.29. The molecule has 2 heterocycles. The van der Waals surface area contributed by atoms with Crippen molar-refractivity contribution in [3.05, 3.63) is 23.8 Å². The number of nitrogens with two attached hydrogens (primary N) is 1. The zero-order chi connectivity index (χ0) is 14.3. The lowest BCUT2D eigenvalue weighted by molar-refractivity contribution is 0.104. The molecule has 2 N–H and O–H groups in total. The minimum absolute atomic E-state index is 0.481. The number of nitrogen functional groups attached to an aromatic ring is 1. The molecule has 0 aliphatic carbocycles. The molecular weight excluding hydrogens is 250 g/mol. The number of aromatic nitrogens is 2. The SMILES string of the molecule is Cc1ccc2c(c1)nc(N)n2CC1CN(C)CCN1C. The van der Waals surface area contributed by atoms with Crippen LogP contribution in [0.15, 0.2) is 18.2 Å². The predicted octanol–water partition coefficient (Wildman–Crippen LogP) is 1.17. The van der Waals surface area contributed by atoms with Crippen molar-refractivity contribution in [3.63, 3.8) is 0 Å². The first kappa shape index (κ1) is 13.4. The van der Waals surface area contributed by atoms with Gasteiger partial charge in [-0.3, -0.25) is 4.90 Å². The molecule has 1 aromatic carbocycles. The maximum Gasteiger partial charge on any atom is 0.201 e. The molecule has 1 atom stereocenters. The number of piperazine rings is 1. The van der Waals surface area contributed by atoms with Gasteiger partial charge in [0.05, 0.1) is 11.0 Å². The molecule has 1 aromatic heterocycles. The molecule has 1 saturated heterocycles. The molecule has 1 aliphatic rings. The van der Waals surface area contributed by atoms with Crippen LogP contribution < -0.4 is 5.73 Å². The molecule has 0 bridgehead atoms. The topological polar surface area (TPSA) is 50.3 Å². The zero-order valence-corrected chi connectivity index (χ0v) is 12.5. The standard InChI is InChI=1S/C15H23N5/c1-11-4-5-14-13(8-11)17-15(16)20(14)10-12-9-18(2)6-7-19(12)3/h4-5,8,12H,6-7,9-10H2,1-3H3,(H2,16,17). The van der Waals surface area contributed by atoms with Gasteiger partial charge in [0.25, 0.3) is 0 Å². The summed E-state index contributed by atoms with van der Waals surface area (Å²) in [6.45, 7) is 6.28. The molecule has 3 rings (SSSR count). The second kappa shape index (κ2) is 5.07. The van der Waals surface area contributed by atoms with Crippen molar-refractivity contribution >= 4 is 17.0 Å². The van der Waals surface area contributed by atoms with E-state index in [4.69, 9.17) is 5.73 Å². The molecule has 0 amide bonds. The Morgan fingerprint density at radius 2 is 2.10 bits per heavy atom. The highest BCUT2D eigenvalue weighted by Crippen LogP contribution is 2.21. The highest BCUT2D eigenvalue weighted by Gasteiger charge is 2.23. The summed E-state index contributed by atoms with van der Waals surface area (Å²) in [7, 11) is 4.37. The molecule has 20 heavy (non-hydrogen) atoms. The van der Waals surface area contributed by atoms with E-state index in [-0.39, 0.29) is 0 Å². The van der Waals surface area contributed by atoms with E-state index in [0.29, 0.717) is 12.0 Å². The predicted molar refractivity (Wildman–Crippen MR) is 82.8 cm³/mol. The van der Waals surface area contributed by atoms with E-state index in [1.54, 1.807) is 0 Å². The highest BCUT2D eigenvalue weighted by molar-refractivity contribution is 5.79. The van der Waals surface area contributed by atoms with Crippen molar-refractivity contribution in [1.29, 1.82) is 0 Å². The molecular formula is C15H23N5. The second-order valence-electron chi connectivity index (χ2n) is 5.97. The monoisotopic (exact) mass is 273 g/mol. The molecule has 2 aromatic rings. The first-order valence-electron chi connectivity index (χ1n) is 7.16. The van der Waals surface area contributed by atoms with E-state index in [1.165, 1.54) is 5.56 Å². The Bertz CT molecular complexity index is 618. The number of hydrogen-bond acceptors (Lipinski definition) is 4. The largest absolute Gasteiger partial charge is 0.369 e. The Labute approximate surface area is 120 Å². The molecule has 1 fully saturated rings. The van der Waals surface area contributed by atoms with Gasteiger partial charge >= 0.3 is 0 Å². The normalized spacial score (nSPS) is 21.6. The van der Waals surface area contributed by atoms with Gasteiger partial charge in [-0.25, -0.2) is 4.98 Å². The zero-order valence-electron chi connectivity index (χ0n) is 12.5. The van der Waals surface area contributed by atoms with Gasteiger partial charge in [-0.1, -0.05) is 6.07 Å². The number of benzene rings is 1. The van der Waals surface area contributed by atoms with Crippen LogP contribution in [0.25, 0.3) is 11.0 Å². The maximum atomic E-state index is 6.12. The van der Waals surface area contributed by atoms with Crippen LogP contribution in [-0.2, 0) is 6.54 Å². The van der Waals surface area contributed by atoms with Gasteiger partial charge in [0.15, 0.2) is 0 Å². The van der Waals surface area contributed by atoms with Crippen molar-refractivity contribution in [2.75, 3.05) is 39.5 Å². The average molecular weight is 273 g/mol. The Morgan fingerprint density at radius 3 is 2.90 bits per heavy atom. The Morgan fingerprint density at radius 1 is 1.30 bits per heavy atom. The van der Waals surface area contributed by atoms with Gasteiger partial charge in [-0.05, 0) is 38.7 Å². The third-order valence-corrected chi connectivity index (χ3v) is 4.31. The molecule has 1 unspecified atom stereocenters. The fourth-order valence-electron chi connectivity index (χ4n) is 2.96. The van der Waals surface area contributed by atoms with Gasteiger partial charge in [0.2, 0.25) is 5.95 Å². The number of rotatable bonds is 2. The van der Waals surface area contributed by atoms with Crippen LogP contribution in [0.5, 0.6) is 0 Å². The molecule has 0 saturated carbocycles. The van der Waals surface area contributed by atoms with E-state index in [1.807, 2.05) is 0 Å². The van der Waals surface area contributed by atoms with Crippen LogP contribution in [-0.4, -0.2) is 59.1 Å². The van der Waals surface area contributed by atoms with Gasteiger partial charge in [-0.15, -0.1) is 0 Å². The van der Waals surface area contributed by atoms with Crippen LogP contribution in [0.1, 0.15) is 5.56 Å². The van der Waals surface area contributed by atoms with Crippen LogP contribution in [0.2, 0.25) is 0 Å². The van der Waals surface area contributed by atoms with Gasteiger partial charge < -0.3 is 15.2 Å². The van der Waals surface area contributed by atoms with Crippen molar-refractivity contribution in [3.8, 4) is 0 Å². The second-order valence-corrected chi connectivity index (χ2v) is 5.97. The fraction of sp³-hybridized carbons (Fsp3) is 0.533. The van der Waals surface area contributed by atoms with E-state index in [9.17, 15) is 0 Å². The number of nitrogens with zero attached hydrogens (tertiary/aromatic N) is 4. The third-order valence-electron chi connectivity index (χ3n) is 4.31. The number of anilines is 1. The number of likely N-dealkylation sites (N-methyl/N-ethyl adjacent to an activating group) is 2. The smallest absolute Gasteiger partial charge is 0.201 e. The van der Waals surface area contributed by atoms with Crippen LogP contribution in [0, 0.1) is 6.92 Å². The third kappa shape index (κ3) is 2.39. The Balaban J connectivity index is 1.92. The van der Waals surface area contributed by atoms with Crippen LogP contribution in [0.3, 0.4) is 0 Å². The summed E-state index contributed by atoms with van der Waals surface area (Å²) >= 11 is 0. The first-order chi connectivity index (χ1) is 9.54. The Kier molecular flexibility index (Phi) is 3.40. The van der Waals surface area contributed by atoms with Crippen LogP contribution in [0.4, 0.5) is 5.95 Å². The van der Waals surface area contributed by atoms with Crippen molar-refractivity contribution in [2.24, 2.45) is 0 Å². The van der Waals surface area contributed by atoms with Crippen molar-refractivity contribution < 1.29 is 0 Å². The fourth-order valence-corrected chi connectivity index (χ4v) is 2.96. The quantitative estimate of drug-likeness (QED) is 0.892. The Hall–Kier alpha value is -1.59. The summed E-state index contributed by atoms with van der Waals surface area (Å²) in [6.07, 6.45) is 0. The molecule has 5 heteroatoms. The van der Waals surface area contributed by atoms with E-state index in [2.05, 4.69) is 58.6 Å². The summed E-state index contributed by atoms with van der Waals surface area (Å²) in [5.74, 6) is 0.618. The van der Waals surface area contributed by atoms with E-state index in [0.717, 1.165) is 37.2 Å². The van der Waals surface area contributed by atoms with Gasteiger partial charge in [0.1, 0.15) is 0 Å². The maximum absolute atomic E-state index is 6.12. The number of aryl methyl sites for hydroxylation is 1. The minimum atomic E-state index is 0.481. The van der Waals surface area contributed by atoms with Gasteiger partial charge in [-0.2, -0.15) is 0 Å². The number of fused-ring (bicyclic) bond motifs is 1. The molecule has 5 nitrogen and oxygen atoms in total. The molecule has 0 spiro atoms. The lowest BCUT2D eigenvalue weighted by Gasteiger charge is -2.38. The minimum Gasteiger partial charge on any atom is -0.369 e. The molecule has 1 aliphatic heterocycles. The van der Waals surface area contributed by atoms with E-state index < -0.39 is 0 Å². The molecule has 108 valence electrons. The lowest BCUT2D eigenvalue weighted by atomic mass is 10.1. The van der Waals surface area contributed by atoms with Crippen molar-refractivity contribution in [2.45, 2.75) is 19.5 Å². The van der Waals surface area contributed by atoms with Crippen LogP contribution >= 0.6 is 0 Å². The first-order valence-corrected chi connectivity index (χ1v) is 7.16. The molecule has 0 radical (unpaired) electrons. The van der Waals surface area contributed by atoms with Crippen molar-refractivity contribution in [1.82, 2.24) is 19.4 Å². The highest BCUT2D eigenvalue weighted by atomic mass is 15.3. The lowest BCUT2D eigenvalue weighted by Crippen LogP contribution is -2.51.